The zero-order valence-electron chi connectivity index (χ0n) is 15.1. The van der Waals surface area contributed by atoms with Gasteiger partial charge in [-0.25, -0.2) is 0 Å². The normalized spacial score (nSPS) is 18.8. The third kappa shape index (κ3) is 4.86. The molecule has 2 unspecified atom stereocenters. The smallest absolute Gasteiger partial charge is 0.259 e. The van der Waals surface area contributed by atoms with Gasteiger partial charge in [0.25, 0.3) is 5.91 Å². The van der Waals surface area contributed by atoms with Gasteiger partial charge in [-0.1, -0.05) is 19.1 Å². The van der Waals surface area contributed by atoms with Crippen LogP contribution in [0.5, 0.6) is 5.75 Å². The molecular formula is C20H26N2O3. The van der Waals surface area contributed by atoms with Gasteiger partial charge < -0.3 is 19.4 Å². The van der Waals surface area contributed by atoms with E-state index < -0.39 is 0 Å². The highest BCUT2D eigenvalue weighted by molar-refractivity contribution is 5.77. The zero-order valence-corrected chi connectivity index (χ0v) is 15.1. The second kappa shape index (κ2) is 7.74. The Morgan fingerprint density at radius 1 is 1.28 bits per heavy atom. The average Bonchev–Trinajstić information content (AvgIpc) is 3.14. The number of carbonyl (C=O) groups is 1. The number of carbonyl (C=O) groups excluding carboxylic acids is 1. The summed E-state index contributed by atoms with van der Waals surface area (Å²) in [5.74, 6) is 4.12. The van der Waals surface area contributed by atoms with Crippen molar-refractivity contribution in [3.05, 3.63) is 53.5 Å². The van der Waals surface area contributed by atoms with Gasteiger partial charge in [-0.3, -0.25) is 4.79 Å². The van der Waals surface area contributed by atoms with Crippen molar-refractivity contribution >= 4 is 5.91 Å². The van der Waals surface area contributed by atoms with Crippen LogP contribution in [-0.2, 0) is 17.9 Å². The van der Waals surface area contributed by atoms with Gasteiger partial charge in [0.05, 0.1) is 6.54 Å². The molecule has 1 fully saturated rings. The van der Waals surface area contributed by atoms with E-state index >= 15 is 0 Å². The van der Waals surface area contributed by atoms with E-state index in [1.807, 2.05) is 24.3 Å². The minimum absolute atomic E-state index is 0.0536. The number of hydrogen-bond acceptors (Lipinski definition) is 4. The van der Waals surface area contributed by atoms with Gasteiger partial charge in [-0.15, -0.1) is 0 Å². The van der Waals surface area contributed by atoms with Crippen LogP contribution >= 0.6 is 0 Å². The fourth-order valence-corrected chi connectivity index (χ4v) is 2.76. The monoisotopic (exact) mass is 342 g/mol. The van der Waals surface area contributed by atoms with Crippen LogP contribution in [0.2, 0.25) is 0 Å². The first kappa shape index (κ1) is 17.5. The van der Waals surface area contributed by atoms with Crippen LogP contribution in [0.3, 0.4) is 0 Å². The van der Waals surface area contributed by atoms with Crippen LogP contribution in [0.4, 0.5) is 0 Å². The van der Waals surface area contributed by atoms with E-state index in [-0.39, 0.29) is 12.5 Å². The Morgan fingerprint density at radius 3 is 2.80 bits per heavy atom. The van der Waals surface area contributed by atoms with E-state index in [2.05, 4.69) is 24.4 Å². The Kier molecular flexibility index (Phi) is 5.43. The van der Waals surface area contributed by atoms with E-state index in [9.17, 15) is 4.79 Å². The number of amides is 1. The zero-order chi connectivity index (χ0) is 17.8. The van der Waals surface area contributed by atoms with Crippen molar-refractivity contribution in [1.29, 1.82) is 0 Å². The lowest BCUT2D eigenvalue weighted by Crippen LogP contribution is -2.27. The van der Waals surface area contributed by atoms with E-state index in [1.54, 1.807) is 14.1 Å². The standard InChI is InChI=1S/C20H26N2O3/c1-14-9-18(14)19-8-7-17(25-19)12-21-11-15-5-4-6-16(10-15)24-13-20(23)22(2)3/h4-8,10,14,18,21H,9,11-13H2,1-3H3. The van der Waals surface area contributed by atoms with Gasteiger partial charge in [-0.05, 0) is 42.2 Å². The van der Waals surface area contributed by atoms with Crippen molar-refractivity contribution in [3.63, 3.8) is 0 Å². The lowest BCUT2D eigenvalue weighted by atomic mass is 10.2. The Morgan fingerprint density at radius 2 is 2.08 bits per heavy atom. The van der Waals surface area contributed by atoms with Crippen molar-refractivity contribution < 1.29 is 13.9 Å². The van der Waals surface area contributed by atoms with Crippen molar-refractivity contribution in [1.82, 2.24) is 10.2 Å². The van der Waals surface area contributed by atoms with Crippen LogP contribution in [0, 0.1) is 5.92 Å². The van der Waals surface area contributed by atoms with E-state index in [1.165, 1.54) is 11.3 Å². The molecule has 1 aliphatic rings. The SMILES string of the molecule is CC1CC1c1ccc(CNCc2cccc(OCC(=O)N(C)C)c2)o1. The third-order valence-corrected chi connectivity index (χ3v) is 4.55. The summed E-state index contributed by atoms with van der Waals surface area (Å²) in [6.07, 6.45) is 1.24. The van der Waals surface area contributed by atoms with E-state index in [0.29, 0.717) is 24.8 Å². The number of benzene rings is 1. The topological polar surface area (TPSA) is 54.7 Å². The Bertz CT molecular complexity index is 723. The quantitative estimate of drug-likeness (QED) is 0.801. The molecule has 1 saturated carbocycles. The number of likely N-dealkylation sites (N-methyl/N-ethyl adjacent to an activating group) is 1. The predicted octanol–water partition coefficient (Wildman–Crippen LogP) is 3.16. The van der Waals surface area contributed by atoms with Gasteiger partial charge >= 0.3 is 0 Å². The highest BCUT2D eigenvalue weighted by atomic mass is 16.5. The Hall–Kier alpha value is -2.27. The number of nitrogens with zero attached hydrogens (tertiary/aromatic N) is 1. The molecule has 5 heteroatoms. The molecular weight excluding hydrogens is 316 g/mol. The maximum atomic E-state index is 11.6. The summed E-state index contributed by atoms with van der Waals surface area (Å²) < 4.78 is 11.4. The second-order valence-corrected chi connectivity index (χ2v) is 6.95. The summed E-state index contributed by atoms with van der Waals surface area (Å²) in [6, 6.07) is 11.9. The van der Waals surface area contributed by atoms with E-state index in [0.717, 1.165) is 23.0 Å². The number of ether oxygens (including phenoxy) is 1. The fraction of sp³-hybridized carbons (Fsp3) is 0.450. The van der Waals surface area contributed by atoms with Gasteiger partial charge in [0, 0.05) is 26.6 Å². The molecule has 25 heavy (non-hydrogen) atoms. The molecule has 0 spiro atoms. The average molecular weight is 342 g/mol. The second-order valence-electron chi connectivity index (χ2n) is 6.95. The first-order chi connectivity index (χ1) is 12.0. The van der Waals surface area contributed by atoms with Crippen LogP contribution in [-0.4, -0.2) is 31.5 Å². The molecule has 3 rings (SSSR count). The Labute approximate surface area is 149 Å². The molecule has 0 saturated heterocycles. The number of nitrogens with one attached hydrogen (secondary N) is 1. The predicted molar refractivity (Wildman–Crippen MR) is 96.4 cm³/mol. The van der Waals surface area contributed by atoms with Gasteiger partial charge in [-0.2, -0.15) is 0 Å². The highest BCUT2D eigenvalue weighted by Gasteiger charge is 2.36. The molecule has 0 aliphatic heterocycles. The summed E-state index contributed by atoms with van der Waals surface area (Å²) in [4.78, 5) is 13.1. The summed E-state index contributed by atoms with van der Waals surface area (Å²) in [6.45, 7) is 3.73. The van der Waals surface area contributed by atoms with Crippen molar-refractivity contribution in [2.24, 2.45) is 5.92 Å². The maximum Gasteiger partial charge on any atom is 0.259 e. The van der Waals surface area contributed by atoms with Crippen molar-refractivity contribution in [2.75, 3.05) is 20.7 Å². The third-order valence-electron chi connectivity index (χ3n) is 4.55. The molecule has 1 amide bonds. The summed E-state index contributed by atoms with van der Waals surface area (Å²) >= 11 is 0. The minimum atomic E-state index is -0.0536. The van der Waals surface area contributed by atoms with Crippen LogP contribution in [0.15, 0.2) is 40.8 Å². The van der Waals surface area contributed by atoms with Crippen molar-refractivity contribution in [3.8, 4) is 5.75 Å². The maximum absolute atomic E-state index is 11.6. The van der Waals surface area contributed by atoms with Crippen molar-refractivity contribution in [2.45, 2.75) is 32.4 Å². The van der Waals surface area contributed by atoms with Crippen LogP contribution in [0.25, 0.3) is 0 Å². The lowest BCUT2D eigenvalue weighted by molar-refractivity contribution is -0.130. The molecule has 2 aromatic rings. The highest BCUT2D eigenvalue weighted by Crippen LogP contribution is 2.47. The van der Waals surface area contributed by atoms with Crippen LogP contribution < -0.4 is 10.1 Å². The summed E-state index contributed by atoms with van der Waals surface area (Å²) in [5.41, 5.74) is 1.11. The first-order valence-electron chi connectivity index (χ1n) is 8.74. The summed E-state index contributed by atoms with van der Waals surface area (Å²) in [7, 11) is 3.44. The number of furan rings is 1. The molecule has 2 atom stereocenters. The minimum Gasteiger partial charge on any atom is -0.484 e. The fourth-order valence-electron chi connectivity index (χ4n) is 2.76. The molecule has 0 radical (unpaired) electrons. The van der Waals surface area contributed by atoms with Crippen LogP contribution in [0.1, 0.15) is 36.3 Å². The molecule has 134 valence electrons. The van der Waals surface area contributed by atoms with E-state index in [4.69, 9.17) is 9.15 Å². The van der Waals surface area contributed by atoms with Gasteiger partial charge in [0.15, 0.2) is 6.61 Å². The molecule has 0 bridgehead atoms. The van der Waals surface area contributed by atoms with Gasteiger partial charge in [0.1, 0.15) is 17.3 Å². The largest absolute Gasteiger partial charge is 0.484 e. The molecule has 1 aromatic heterocycles. The first-order valence-corrected chi connectivity index (χ1v) is 8.74. The Balaban J connectivity index is 1.45. The molecule has 5 nitrogen and oxygen atoms in total. The lowest BCUT2D eigenvalue weighted by Gasteiger charge is -2.12. The molecule has 1 aliphatic carbocycles. The number of hydrogen-bond donors (Lipinski definition) is 1. The summed E-state index contributed by atoms with van der Waals surface area (Å²) in [5, 5.41) is 3.39. The molecule has 1 N–H and O–H groups in total. The van der Waals surface area contributed by atoms with Gasteiger partial charge in [0.2, 0.25) is 0 Å². The molecule has 1 heterocycles. The number of rotatable bonds is 8. The molecule has 1 aromatic carbocycles.